The van der Waals surface area contributed by atoms with Gasteiger partial charge in [-0.3, -0.25) is 0 Å². The van der Waals surface area contributed by atoms with Crippen LogP contribution in [0.25, 0.3) is 17.4 Å². The number of nitrogens with zero attached hydrogens (tertiary/aromatic N) is 1. The van der Waals surface area contributed by atoms with Crippen molar-refractivity contribution in [2.75, 3.05) is 14.2 Å². The Bertz CT molecular complexity index is 940. The van der Waals surface area contributed by atoms with Gasteiger partial charge >= 0.3 is 5.97 Å². The molecule has 0 bridgehead atoms. The van der Waals surface area contributed by atoms with Crippen LogP contribution in [0.3, 0.4) is 0 Å². The Kier molecular flexibility index (Phi) is 5.61. The van der Waals surface area contributed by atoms with Gasteiger partial charge in [0.1, 0.15) is 23.8 Å². The molecule has 7 nitrogen and oxygen atoms in total. The summed E-state index contributed by atoms with van der Waals surface area (Å²) in [4.78, 5) is 15.6. The van der Waals surface area contributed by atoms with Crippen LogP contribution in [0.5, 0.6) is 11.5 Å². The summed E-state index contributed by atoms with van der Waals surface area (Å²) in [5.74, 6) is 1.82. The van der Waals surface area contributed by atoms with Crippen molar-refractivity contribution in [3.63, 3.8) is 0 Å². The highest BCUT2D eigenvalue weighted by Crippen LogP contribution is 2.41. The summed E-state index contributed by atoms with van der Waals surface area (Å²) in [6.45, 7) is 2.05. The van der Waals surface area contributed by atoms with E-state index in [4.69, 9.17) is 18.3 Å². The summed E-state index contributed by atoms with van der Waals surface area (Å²) < 4.78 is 26.9. The topological polar surface area (TPSA) is 83.9 Å². The highest BCUT2D eigenvalue weighted by atomic mass is 16.5. The molecule has 2 aromatic heterocycles. The average Bonchev–Trinajstić information content (AvgIpc) is 3.35. The van der Waals surface area contributed by atoms with Crippen LogP contribution in [0, 0.1) is 6.92 Å². The number of oxazole rings is 1. The average molecular weight is 369 g/mol. The van der Waals surface area contributed by atoms with Gasteiger partial charge in [-0.2, -0.15) is 0 Å². The fourth-order valence-electron chi connectivity index (χ4n) is 2.55. The number of ether oxygens (including phenoxy) is 3. The predicted octanol–water partition coefficient (Wildman–Crippen LogP) is 4.02. The van der Waals surface area contributed by atoms with E-state index in [0.717, 1.165) is 5.56 Å². The third-order valence-corrected chi connectivity index (χ3v) is 3.93. The molecule has 27 heavy (non-hydrogen) atoms. The lowest BCUT2D eigenvalue weighted by molar-refractivity contribution is -0.134. The van der Waals surface area contributed by atoms with Crippen LogP contribution in [0.2, 0.25) is 0 Å². The Hall–Kier alpha value is -3.48. The summed E-state index contributed by atoms with van der Waals surface area (Å²) in [7, 11) is 2.87. The van der Waals surface area contributed by atoms with Crippen LogP contribution in [-0.2, 0) is 16.1 Å². The lowest BCUT2D eigenvalue weighted by Crippen LogP contribution is -2.01. The summed E-state index contributed by atoms with van der Waals surface area (Å²) in [6.07, 6.45) is 5.91. The predicted molar refractivity (Wildman–Crippen MR) is 97.3 cm³/mol. The summed E-state index contributed by atoms with van der Waals surface area (Å²) in [5.41, 5.74) is 2.08. The maximum atomic E-state index is 11.5. The second-order valence-corrected chi connectivity index (χ2v) is 5.54. The standard InChI is InChI=1S/C20H19NO6/c1-13-15(21-12-27-13)11-26-17-8-6-14(7-9-18(22)23-2)19(20(17)24-3)16-5-4-10-25-16/h4-10,12H,11H2,1-3H3. The molecule has 0 aliphatic heterocycles. The summed E-state index contributed by atoms with van der Waals surface area (Å²) in [5, 5.41) is 0. The second-order valence-electron chi connectivity index (χ2n) is 5.54. The minimum absolute atomic E-state index is 0.230. The van der Waals surface area contributed by atoms with Crippen LogP contribution < -0.4 is 9.47 Å². The Morgan fingerprint density at radius 3 is 2.70 bits per heavy atom. The molecule has 2 heterocycles. The van der Waals surface area contributed by atoms with Gasteiger partial charge in [-0.25, -0.2) is 9.78 Å². The number of carbonyl (C=O) groups is 1. The Morgan fingerprint density at radius 2 is 2.07 bits per heavy atom. The Balaban J connectivity index is 2.00. The fourth-order valence-corrected chi connectivity index (χ4v) is 2.55. The normalized spacial score (nSPS) is 10.9. The summed E-state index contributed by atoms with van der Waals surface area (Å²) in [6, 6.07) is 7.15. The lowest BCUT2D eigenvalue weighted by Gasteiger charge is -2.15. The molecule has 0 amide bonds. The van der Waals surface area contributed by atoms with Crippen LogP contribution in [0.15, 0.2) is 51.8 Å². The summed E-state index contributed by atoms with van der Waals surface area (Å²) >= 11 is 0. The first-order valence-corrected chi connectivity index (χ1v) is 8.16. The SMILES string of the molecule is COC(=O)C=Cc1ccc(OCc2ncoc2C)c(OC)c1-c1ccco1. The molecule has 0 fully saturated rings. The minimum atomic E-state index is -0.457. The smallest absolute Gasteiger partial charge is 0.330 e. The van der Waals surface area contributed by atoms with Crippen molar-refractivity contribution in [3.05, 3.63) is 60.0 Å². The van der Waals surface area contributed by atoms with Crippen molar-refractivity contribution < 1.29 is 27.8 Å². The third-order valence-electron chi connectivity index (χ3n) is 3.93. The van der Waals surface area contributed by atoms with Crippen LogP contribution >= 0.6 is 0 Å². The van der Waals surface area contributed by atoms with Crippen LogP contribution in [0.1, 0.15) is 17.0 Å². The van der Waals surface area contributed by atoms with Gasteiger partial charge in [0.25, 0.3) is 0 Å². The third kappa shape index (κ3) is 4.03. The largest absolute Gasteiger partial charge is 0.492 e. The van der Waals surface area contributed by atoms with Crippen molar-refractivity contribution in [1.29, 1.82) is 0 Å². The number of furan rings is 1. The molecule has 0 spiro atoms. The molecule has 1 aromatic carbocycles. The number of esters is 1. The molecular formula is C20H19NO6. The van der Waals surface area contributed by atoms with Crippen molar-refractivity contribution in [3.8, 4) is 22.8 Å². The van der Waals surface area contributed by atoms with E-state index in [2.05, 4.69) is 9.72 Å². The Labute approximate surface area is 156 Å². The molecule has 7 heteroatoms. The highest BCUT2D eigenvalue weighted by molar-refractivity contribution is 5.90. The maximum absolute atomic E-state index is 11.5. The Morgan fingerprint density at radius 1 is 1.22 bits per heavy atom. The second kappa shape index (κ2) is 8.27. The molecule has 3 aromatic rings. The van der Waals surface area contributed by atoms with E-state index in [1.165, 1.54) is 19.6 Å². The molecule has 0 radical (unpaired) electrons. The van der Waals surface area contributed by atoms with Gasteiger partial charge in [0, 0.05) is 6.08 Å². The van der Waals surface area contributed by atoms with Crippen molar-refractivity contribution in [2.24, 2.45) is 0 Å². The van der Waals surface area contributed by atoms with Crippen molar-refractivity contribution in [2.45, 2.75) is 13.5 Å². The zero-order valence-corrected chi connectivity index (χ0v) is 15.2. The van der Waals surface area contributed by atoms with Gasteiger partial charge in [-0.15, -0.1) is 0 Å². The quantitative estimate of drug-likeness (QED) is 0.459. The maximum Gasteiger partial charge on any atom is 0.330 e. The van der Waals surface area contributed by atoms with Gasteiger partial charge < -0.3 is 23.0 Å². The van der Waals surface area contributed by atoms with E-state index in [0.29, 0.717) is 34.3 Å². The van der Waals surface area contributed by atoms with E-state index in [1.807, 2.05) is 13.0 Å². The lowest BCUT2D eigenvalue weighted by atomic mass is 10.0. The van der Waals surface area contributed by atoms with E-state index in [1.54, 1.807) is 37.6 Å². The van der Waals surface area contributed by atoms with E-state index >= 15 is 0 Å². The van der Waals surface area contributed by atoms with Gasteiger partial charge in [0.05, 0.1) is 26.0 Å². The van der Waals surface area contributed by atoms with Crippen molar-refractivity contribution >= 4 is 12.0 Å². The van der Waals surface area contributed by atoms with Gasteiger partial charge in [-0.1, -0.05) is 6.07 Å². The fraction of sp³-hybridized carbons (Fsp3) is 0.200. The number of methoxy groups -OCH3 is 2. The number of benzene rings is 1. The highest BCUT2D eigenvalue weighted by Gasteiger charge is 2.19. The molecule has 0 N–H and O–H groups in total. The monoisotopic (exact) mass is 369 g/mol. The van der Waals surface area contributed by atoms with E-state index in [9.17, 15) is 4.79 Å². The molecule has 140 valence electrons. The molecule has 3 rings (SSSR count). The number of aryl methyl sites for hydroxylation is 1. The minimum Gasteiger partial charge on any atom is -0.492 e. The zero-order chi connectivity index (χ0) is 19.2. The molecule has 0 saturated carbocycles. The van der Waals surface area contributed by atoms with Crippen LogP contribution in [-0.4, -0.2) is 25.2 Å². The number of rotatable bonds is 7. The van der Waals surface area contributed by atoms with Gasteiger partial charge in [0.2, 0.25) is 0 Å². The molecule has 0 atom stereocenters. The number of aromatic nitrogens is 1. The molecular weight excluding hydrogens is 350 g/mol. The van der Waals surface area contributed by atoms with E-state index in [-0.39, 0.29) is 6.61 Å². The first kappa shape index (κ1) is 18.3. The van der Waals surface area contributed by atoms with Gasteiger partial charge in [-0.05, 0) is 36.8 Å². The number of carbonyl (C=O) groups excluding carboxylic acids is 1. The molecule has 0 saturated heterocycles. The van der Waals surface area contributed by atoms with E-state index < -0.39 is 5.97 Å². The molecule has 0 unspecified atom stereocenters. The molecule has 0 aliphatic carbocycles. The van der Waals surface area contributed by atoms with Crippen molar-refractivity contribution in [1.82, 2.24) is 4.98 Å². The first-order valence-electron chi connectivity index (χ1n) is 8.16. The zero-order valence-electron chi connectivity index (χ0n) is 15.2. The van der Waals surface area contributed by atoms with Gasteiger partial charge in [0.15, 0.2) is 17.9 Å². The number of hydrogen-bond donors (Lipinski definition) is 0. The first-order chi connectivity index (χ1) is 13.1. The number of hydrogen-bond acceptors (Lipinski definition) is 7. The van der Waals surface area contributed by atoms with Crippen LogP contribution in [0.4, 0.5) is 0 Å². The molecule has 0 aliphatic rings.